The van der Waals surface area contributed by atoms with Crippen LogP contribution in [0.3, 0.4) is 0 Å². The molecule has 0 amide bonds. The van der Waals surface area contributed by atoms with Crippen LogP contribution in [-0.2, 0) is 0 Å². The largest absolute Gasteiger partial charge is 0.508 e. The summed E-state index contributed by atoms with van der Waals surface area (Å²) in [5.74, 6) is -0.410. The number of benzene rings is 1. The molecular formula is C15H25FN2O. The molecule has 0 radical (unpaired) electrons. The molecule has 108 valence electrons. The van der Waals surface area contributed by atoms with Crippen molar-refractivity contribution in [1.29, 1.82) is 0 Å². The predicted octanol–water partition coefficient (Wildman–Crippen LogP) is 2.77. The fraction of sp³-hybridized carbons (Fsp3) is 0.600. The van der Waals surface area contributed by atoms with E-state index in [4.69, 9.17) is 0 Å². The molecule has 1 aromatic rings. The number of rotatable bonds is 6. The molecule has 0 saturated heterocycles. The minimum atomic E-state index is -0.370. The zero-order valence-electron chi connectivity index (χ0n) is 12.5. The van der Waals surface area contributed by atoms with Crippen LogP contribution in [0.15, 0.2) is 18.2 Å². The molecular weight excluding hydrogens is 243 g/mol. The number of hydrogen-bond donors (Lipinski definition) is 2. The van der Waals surface area contributed by atoms with Crippen molar-refractivity contribution in [3.63, 3.8) is 0 Å². The van der Waals surface area contributed by atoms with E-state index in [1.54, 1.807) is 6.07 Å². The fourth-order valence-electron chi connectivity index (χ4n) is 2.32. The lowest BCUT2D eigenvalue weighted by molar-refractivity contribution is 0.226. The van der Waals surface area contributed by atoms with Gasteiger partial charge in [0.15, 0.2) is 0 Å². The lowest BCUT2D eigenvalue weighted by atomic mass is 9.92. The maximum Gasteiger partial charge on any atom is 0.131 e. The summed E-state index contributed by atoms with van der Waals surface area (Å²) in [4.78, 5) is 2.15. The van der Waals surface area contributed by atoms with Crippen LogP contribution in [0.1, 0.15) is 32.4 Å². The van der Waals surface area contributed by atoms with Gasteiger partial charge in [-0.2, -0.15) is 0 Å². The molecule has 1 aromatic carbocycles. The Morgan fingerprint density at radius 1 is 1.37 bits per heavy atom. The standard InChI is InChI=1S/C15H25FN2O/c1-11(13-7-6-12(19)8-14(13)16)17-9-15(2,3)10-18(4)5/h6-8,11,17,19H,9-10H2,1-5H3. The van der Waals surface area contributed by atoms with Gasteiger partial charge in [-0.15, -0.1) is 0 Å². The summed E-state index contributed by atoms with van der Waals surface area (Å²) in [5.41, 5.74) is 0.698. The van der Waals surface area contributed by atoms with Gasteiger partial charge in [0.2, 0.25) is 0 Å². The van der Waals surface area contributed by atoms with Gasteiger partial charge in [0.05, 0.1) is 0 Å². The second-order valence-electron chi connectivity index (χ2n) is 6.21. The van der Waals surface area contributed by atoms with Gasteiger partial charge in [-0.3, -0.25) is 0 Å². The normalized spacial score (nSPS) is 13.8. The van der Waals surface area contributed by atoms with Crippen LogP contribution in [0.4, 0.5) is 4.39 Å². The molecule has 19 heavy (non-hydrogen) atoms. The quantitative estimate of drug-likeness (QED) is 0.833. The summed E-state index contributed by atoms with van der Waals surface area (Å²) in [6.07, 6.45) is 0. The van der Waals surface area contributed by atoms with Crippen molar-refractivity contribution in [2.45, 2.75) is 26.8 Å². The van der Waals surface area contributed by atoms with Gasteiger partial charge < -0.3 is 15.3 Å². The van der Waals surface area contributed by atoms with Gasteiger partial charge in [-0.05, 0) is 32.5 Å². The SMILES string of the molecule is CC(NCC(C)(C)CN(C)C)c1ccc(O)cc1F. The minimum absolute atomic E-state index is 0.0404. The van der Waals surface area contributed by atoms with Gasteiger partial charge in [0.25, 0.3) is 0 Å². The first-order valence-corrected chi connectivity index (χ1v) is 6.58. The van der Waals surface area contributed by atoms with Gasteiger partial charge in [-0.1, -0.05) is 19.9 Å². The molecule has 1 unspecified atom stereocenters. The summed E-state index contributed by atoms with van der Waals surface area (Å²) >= 11 is 0. The molecule has 0 bridgehead atoms. The first kappa shape index (κ1) is 15.9. The zero-order chi connectivity index (χ0) is 14.6. The van der Waals surface area contributed by atoms with E-state index in [9.17, 15) is 9.50 Å². The van der Waals surface area contributed by atoms with Gasteiger partial charge in [0, 0.05) is 30.8 Å². The van der Waals surface area contributed by atoms with E-state index in [2.05, 4.69) is 24.1 Å². The summed E-state index contributed by atoms with van der Waals surface area (Å²) in [5, 5.41) is 12.6. The van der Waals surface area contributed by atoms with Gasteiger partial charge in [0.1, 0.15) is 11.6 Å². The van der Waals surface area contributed by atoms with Crippen LogP contribution in [0.5, 0.6) is 5.75 Å². The highest BCUT2D eigenvalue weighted by Crippen LogP contribution is 2.22. The second kappa shape index (κ2) is 6.35. The highest BCUT2D eigenvalue weighted by molar-refractivity contribution is 5.29. The maximum atomic E-state index is 13.7. The lowest BCUT2D eigenvalue weighted by Gasteiger charge is -2.30. The number of phenols is 1. The molecule has 0 fully saturated rings. The Balaban J connectivity index is 2.62. The third-order valence-corrected chi connectivity index (χ3v) is 3.08. The van der Waals surface area contributed by atoms with Crippen molar-refractivity contribution in [2.75, 3.05) is 27.2 Å². The minimum Gasteiger partial charge on any atom is -0.508 e. The van der Waals surface area contributed by atoms with Crippen molar-refractivity contribution >= 4 is 0 Å². The van der Waals surface area contributed by atoms with E-state index >= 15 is 0 Å². The van der Waals surface area contributed by atoms with E-state index in [0.29, 0.717) is 5.56 Å². The maximum absolute atomic E-state index is 13.7. The first-order valence-electron chi connectivity index (χ1n) is 6.58. The molecule has 0 aliphatic rings. The van der Waals surface area contributed by atoms with E-state index in [1.165, 1.54) is 6.07 Å². The van der Waals surface area contributed by atoms with Crippen molar-refractivity contribution in [2.24, 2.45) is 5.41 Å². The number of hydrogen-bond acceptors (Lipinski definition) is 3. The third kappa shape index (κ3) is 5.17. The lowest BCUT2D eigenvalue weighted by Crippen LogP contribution is -2.38. The average molecular weight is 268 g/mol. The van der Waals surface area contributed by atoms with Crippen LogP contribution < -0.4 is 5.32 Å². The van der Waals surface area contributed by atoms with Crippen molar-refractivity contribution in [3.05, 3.63) is 29.6 Å². The summed E-state index contributed by atoms with van der Waals surface area (Å²) in [6, 6.07) is 4.21. The van der Waals surface area contributed by atoms with Crippen LogP contribution in [0.2, 0.25) is 0 Å². The van der Waals surface area contributed by atoms with E-state index in [1.807, 2.05) is 21.0 Å². The molecule has 4 heteroatoms. The highest BCUT2D eigenvalue weighted by Gasteiger charge is 2.20. The first-order chi connectivity index (χ1) is 8.71. The predicted molar refractivity (Wildman–Crippen MR) is 76.8 cm³/mol. The molecule has 0 aliphatic carbocycles. The number of nitrogens with one attached hydrogen (secondary N) is 1. The van der Waals surface area contributed by atoms with Gasteiger partial charge in [-0.25, -0.2) is 4.39 Å². The molecule has 0 spiro atoms. The molecule has 0 saturated carbocycles. The van der Waals surface area contributed by atoms with E-state index < -0.39 is 0 Å². The van der Waals surface area contributed by atoms with E-state index in [0.717, 1.165) is 19.2 Å². The average Bonchev–Trinajstić information content (AvgIpc) is 2.24. The fourth-order valence-corrected chi connectivity index (χ4v) is 2.32. The van der Waals surface area contributed by atoms with Crippen LogP contribution in [0.25, 0.3) is 0 Å². The number of aromatic hydroxyl groups is 1. The summed E-state index contributed by atoms with van der Waals surface area (Å²) < 4.78 is 13.7. The number of phenolic OH excluding ortho intramolecular Hbond substituents is 1. The monoisotopic (exact) mass is 268 g/mol. The zero-order valence-corrected chi connectivity index (χ0v) is 12.5. The third-order valence-electron chi connectivity index (χ3n) is 3.08. The Labute approximate surface area is 115 Å². The summed E-state index contributed by atoms with van der Waals surface area (Å²) in [7, 11) is 4.09. The molecule has 1 atom stereocenters. The Kier molecular flexibility index (Phi) is 5.32. The Hall–Kier alpha value is -1.13. The molecule has 3 nitrogen and oxygen atoms in total. The Bertz CT molecular complexity index is 419. The van der Waals surface area contributed by atoms with Crippen LogP contribution in [-0.4, -0.2) is 37.2 Å². The topological polar surface area (TPSA) is 35.5 Å². The second-order valence-corrected chi connectivity index (χ2v) is 6.21. The van der Waals surface area contributed by atoms with Crippen LogP contribution in [0, 0.1) is 11.2 Å². The number of halogens is 1. The van der Waals surface area contributed by atoms with Crippen molar-refractivity contribution in [3.8, 4) is 5.75 Å². The van der Waals surface area contributed by atoms with Crippen molar-refractivity contribution in [1.82, 2.24) is 10.2 Å². The smallest absolute Gasteiger partial charge is 0.131 e. The molecule has 0 aromatic heterocycles. The molecule has 0 heterocycles. The van der Waals surface area contributed by atoms with Gasteiger partial charge >= 0.3 is 0 Å². The molecule has 1 rings (SSSR count). The van der Waals surface area contributed by atoms with E-state index in [-0.39, 0.29) is 23.0 Å². The Morgan fingerprint density at radius 3 is 2.53 bits per heavy atom. The molecule has 0 aliphatic heterocycles. The van der Waals surface area contributed by atoms with Crippen molar-refractivity contribution < 1.29 is 9.50 Å². The Morgan fingerprint density at radius 2 is 2.00 bits per heavy atom. The number of nitrogens with zero attached hydrogens (tertiary/aromatic N) is 1. The highest BCUT2D eigenvalue weighted by atomic mass is 19.1. The summed E-state index contributed by atoms with van der Waals surface area (Å²) in [6.45, 7) is 8.05. The molecule has 2 N–H and O–H groups in total. The van der Waals surface area contributed by atoms with Crippen LogP contribution >= 0.6 is 0 Å².